The van der Waals surface area contributed by atoms with E-state index >= 15 is 0 Å². The smallest absolute Gasteiger partial charge is 0.240 e. The van der Waals surface area contributed by atoms with Gasteiger partial charge in [-0.25, -0.2) is 4.98 Å². The zero-order chi connectivity index (χ0) is 48.0. The molecule has 15 rings (SSSR count). The fraction of sp³-hybridized carbons (Fsp3) is 0. The lowest BCUT2D eigenvalue weighted by Gasteiger charge is -2.34. The third-order valence-electron chi connectivity index (χ3n) is 14.8. The van der Waals surface area contributed by atoms with Crippen LogP contribution < -0.4 is 20.7 Å². The second-order valence-electron chi connectivity index (χ2n) is 18.6. The molecule has 0 aliphatic rings. The molecule has 0 aliphatic heterocycles. The maximum absolute atomic E-state index is 5.86. The van der Waals surface area contributed by atoms with Gasteiger partial charge in [0, 0.05) is 27.1 Å². The standard InChI is InChI=1S/C64H42N8Si/c1-4-23-43(24-5-1)73(44-25-6-2-7-26-44,45-27-8-3-9-28-45)59-42-22-41-58-60(59)65-64-71(56-39-20-21-40-57(56)72(58)64)55-38-19-14-33-50(55)61-66-62(69-51-34-15-10-29-46(51)47-30-11-16-35-52(47)69)68-63(67-61)70-53-36-17-12-31-48(53)49-32-13-18-37-54(49)70/h1-42H. The second kappa shape index (κ2) is 16.2. The van der Waals surface area contributed by atoms with E-state index < -0.39 is 8.07 Å². The third kappa shape index (κ3) is 6.00. The van der Waals surface area contributed by atoms with E-state index in [4.69, 9.17) is 19.9 Å². The van der Waals surface area contributed by atoms with Crippen LogP contribution in [0.2, 0.25) is 0 Å². The van der Waals surface area contributed by atoms with Crippen molar-refractivity contribution in [3.8, 4) is 29.0 Å². The van der Waals surface area contributed by atoms with Gasteiger partial charge in [-0.3, -0.25) is 18.1 Å². The Balaban J connectivity index is 1.03. The first-order chi connectivity index (χ1) is 36.3. The van der Waals surface area contributed by atoms with Gasteiger partial charge < -0.3 is 0 Å². The first-order valence-electron chi connectivity index (χ1n) is 24.7. The summed E-state index contributed by atoms with van der Waals surface area (Å²) in [6, 6.07) is 91.1. The fourth-order valence-corrected chi connectivity index (χ4v) is 16.7. The number of benzene rings is 10. The predicted molar refractivity (Wildman–Crippen MR) is 301 cm³/mol. The molecule has 0 saturated carbocycles. The second-order valence-corrected chi connectivity index (χ2v) is 22.4. The molecular formula is C64H42N8Si. The average Bonchev–Trinajstić information content (AvgIpc) is 4.21. The molecule has 0 saturated heterocycles. The molecule has 0 aliphatic carbocycles. The highest BCUT2D eigenvalue weighted by Crippen LogP contribution is 2.37. The van der Waals surface area contributed by atoms with Crippen molar-refractivity contribution in [1.29, 1.82) is 0 Å². The molecule has 0 fully saturated rings. The number of nitrogens with zero attached hydrogens (tertiary/aromatic N) is 8. The topological polar surface area (TPSA) is 70.8 Å². The molecule has 0 bridgehead atoms. The summed E-state index contributed by atoms with van der Waals surface area (Å²) in [7, 11) is -2.99. The Morgan fingerprint density at radius 3 is 1.18 bits per heavy atom. The number of para-hydroxylation sites is 8. The van der Waals surface area contributed by atoms with Gasteiger partial charge in [0.05, 0.1) is 49.8 Å². The van der Waals surface area contributed by atoms with Gasteiger partial charge in [-0.2, -0.15) is 15.0 Å². The van der Waals surface area contributed by atoms with Gasteiger partial charge in [-0.05, 0) is 75.3 Å². The maximum atomic E-state index is 5.86. The lowest BCUT2D eigenvalue weighted by Crippen LogP contribution is -2.74. The van der Waals surface area contributed by atoms with Crippen LogP contribution in [0.1, 0.15) is 0 Å². The highest BCUT2D eigenvalue weighted by molar-refractivity contribution is 7.20. The Labute approximate surface area is 420 Å². The quantitative estimate of drug-likeness (QED) is 0.112. The van der Waals surface area contributed by atoms with Crippen molar-refractivity contribution in [3.05, 3.63) is 255 Å². The SMILES string of the molecule is c1ccc([Si](c2ccccc2)(c2ccccc2)c2cccc3c2nc2n(-c4ccccc4-c4nc(-n5c6ccccc6c6ccccc65)nc(-n5c6ccccc6c6ccccc65)n4)c4ccccc4n32)cc1. The molecule has 0 atom stereocenters. The molecule has 342 valence electrons. The van der Waals surface area contributed by atoms with Crippen LogP contribution in [0.5, 0.6) is 0 Å². The minimum absolute atomic E-state index is 0.525. The number of rotatable bonds is 8. The summed E-state index contributed by atoms with van der Waals surface area (Å²) in [5.41, 5.74) is 9.88. The Morgan fingerprint density at radius 2 is 0.685 bits per heavy atom. The van der Waals surface area contributed by atoms with Crippen molar-refractivity contribution in [3.63, 3.8) is 0 Å². The van der Waals surface area contributed by atoms with Crippen molar-refractivity contribution in [2.24, 2.45) is 0 Å². The van der Waals surface area contributed by atoms with Gasteiger partial charge in [0.15, 0.2) is 13.9 Å². The average molecular weight is 951 g/mol. The number of hydrogen-bond donors (Lipinski definition) is 0. The summed E-state index contributed by atoms with van der Waals surface area (Å²) >= 11 is 0. The molecule has 0 unspecified atom stereocenters. The Kier molecular flexibility index (Phi) is 9.11. The van der Waals surface area contributed by atoms with Crippen LogP contribution in [0.3, 0.4) is 0 Å². The Morgan fingerprint density at radius 1 is 0.288 bits per heavy atom. The van der Waals surface area contributed by atoms with E-state index in [0.717, 1.165) is 82.7 Å². The highest BCUT2D eigenvalue weighted by atomic mass is 28.3. The molecule has 5 aromatic heterocycles. The van der Waals surface area contributed by atoms with Crippen LogP contribution in [0.4, 0.5) is 0 Å². The van der Waals surface area contributed by atoms with Crippen molar-refractivity contribution in [2.75, 3.05) is 0 Å². The van der Waals surface area contributed by atoms with Crippen LogP contribution in [-0.2, 0) is 0 Å². The first-order valence-corrected chi connectivity index (χ1v) is 26.7. The van der Waals surface area contributed by atoms with Crippen LogP contribution in [-0.4, -0.2) is 46.1 Å². The molecule has 5 heterocycles. The molecule has 0 N–H and O–H groups in total. The summed E-state index contributed by atoms with van der Waals surface area (Å²) in [6.07, 6.45) is 0. The van der Waals surface area contributed by atoms with Crippen LogP contribution in [0, 0.1) is 0 Å². The van der Waals surface area contributed by atoms with Gasteiger partial charge in [0.2, 0.25) is 17.7 Å². The molecule has 0 amide bonds. The normalized spacial score (nSPS) is 12.1. The number of aromatic nitrogens is 8. The Hall–Kier alpha value is -9.70. The maximum Gasteiger partial charge on any atom is 0.240 e. The van der Waals surface area contributed by atoms with Crippen molar-refractivity contribution in [1.82, 2.24) is 38.0 Å². The van der Waals surface area contributed by atoms with E-state index in [9.17, 15) is 0 Å². The van der Waals surface area contributed by atoms with Gasteiger partial charge in [0.25, 0.3) is 0 Å². The summed E-state index contributed by atoms with van der Waals surface area (Å²) in [6.45, 7) is 0. The van der Waals surface area contributed by atoms with Gasteiger partial charge in [-0.15, -0.1) is 0 Å². The minimum atomic E-state index is -2.99. The monoisotopic (exact) mass is 950 g/mol. The van der Waals surface area contributed by atoms with E-state index in [-0.39, 0.29) is 0 Å². The molecule has 15 aromatic rings. The van der Waals surface area contributed by atoms with E-state index in [0.29, 0.717) is 17.7 Å². The number of hydrogen-bond acceptors (Lipinski definition) is 4. The Bertz CT molecular complexity index is 4290. The molecule has 0 radical (unpaired) electrons. The fourth-order valence-electron chi connectivity index (χ4n) is 11.8. The van der Waals surface area contributed by atoms with Gasteiger partial charge in [0.1, 0.15) is 0 Å². The summed E-state index contributed by atoms with van der Waals surface area (Å²) in [5.74, 6) is 2.39. The van der Waals surface area contributed by atoms with Crippen molar-refractivity contribution >= 4 is 100 Å². The molecule has 0 spiro atoms. The van der Waals surface area contributed by atoms with E-state index in [2.05, 4.69) is 273 Å². The zero-order valence-corrected chi connectivity index (χ0v) is 40.3. The molecule has 9 heteroatoms. The van der Waals surface area contributed by atoms with Crippen LogP contribution >= 0.6 is 0 Å². The zero-order valence-electron chi connectivity index (χ0n) is 39.3. The summed E-state index contributed by atoms with van der Waals surface area (Å²) in [5, 5.41) is 9.63. The third-order valence-corrected chi connectivity index (χ3v) is 19.6. The molecule has 10 aromatic carbocycles. The summed E-state index contributed by atoms with van der Waals surface area (Å²) in [4.78, 5) is 22.4. The van der Waals surface area contributed by atoms with Crippen molar-refractivity contribution in [2.45, 2.75) is 0 Å². The van der Waals surface area contributed by atoms with Crippen LogP contribution in [0.15, 0.2) is 255 Å². The molecule has 8 nitrogen and oxygen atoms in total. The largest absolute Gasteiger partial charge is 0.278 e. The van der Waals surface area contributed by atoms with Gasteiger partial charge >= 0.3 is 0 Å². The van der Waals surface area contributed by atoms with E-state index in [1.165, 1.54) is 20.7 Å². The van der Waals surface area contributed by atoms with E-state index in [1.54, 1.807) is 0 Å². The number of fused-ring (bicyclic) bond motifs is 11. The predicted octanol–water partition coefficient (Wildman–Crippen LogP) is 11.9. The van der Waals surface area contributed by atoms with Gasteiger partial charge in [-0.1, -0.05) is 200 Å². The van der Waals surface area contributed by atoms with E-state index in [1.807, 2.05) is 0 Å². The first kappa shape index (κ1) is 41.1. The lowest BCUT2D eigenvalue weighted by molar-refractivity contribution is 0.891. The van der Waals surface area contributed by atoms with Crippen molar-refractivity contribution < 1.29 is 0 Å². The minimum Gasteiger partial charge on any atom is -0.278 e. The summed E-state index contributed by atoms with van der Waals surface area (Å²) < 4.78 is 9.01. The molecule has 73 heavy (non-hydrogen) atoms. The number of imidazole rings is 2. The molecular weight excluding hydrogens is 909 g/mol. The van der Waals surface area contributed by atoms with Crippen LogP contribution in [0.25, 0.3) is 100 Å². The highest BCUT2D eigenvalue weighted by Gasteiger charge is 2.43. The lowest BCUT2D eigenvalue weighted by atomic mass is 10.1.